The normalized spacial score (nSPS) is 14.0. The average molecular weight is 395 g/mol. The highest BCUT2D eigenvalue weighted by Gasteiger charge is 2.24. The summed E-state index contributed by atoms with van der Waals surface area (Å²) in [5.74, 6) is -0.164. The molecule has 0 spiro atoms. The lowest BCUT2D eigenvalue weighted by Crippen LogP contribution is -2.44. The number of nitrogens with one attached hydrogen (secondary N) is 2. The van der Waals surface area contributed by atoms with Crippen LogP contribution in [-0.4, -0.2) is 51.1 Å². The number of halogens is 1. The Bertz CT molecular complexity index is 851. The van der Waals surface area contributed by atoms with Crippen molar-refractivity contribution in [2.75, 3.05) is 18.9 Å². The maximum atomic E-state index is 12.1. The van der Waals surface area contributed by atoms with Crippen molar-refractivity contribution in [2.45, 2.75) is 12.1 Å². The molecule has 1 aromatic carbocycles. The highest BCUT2D eigenvalue weighted by molar-refractivity contribution is 7.99. The van der Waals surface area contributed by atoms with Crippen LogP contribution < -0.4 is 10.6 Å². The van der Waals surface area contributed by atoms with Crippen molar-refractivity contribution >= 4 is 35.4 Å². The SMILES string of the molecule is CCOC(=O)C1=C(CSc2nnnn2-c2ccc(Cl)cc2)NC(=O)NC1. The van der Waals surface area contributed by atoms with Crippen molar-refractivity contribution in [1.29, 1.82) is 0 Å². The number of hydrogen-bond acceptors (Lipinski definition) is 7. The Morgan fingerprint density at radius 3 is 2.88 bits per heavy atom. The number of benzene rings is 1. The zero-order valence-corrected chi connectivity index (χ0v) is 15.3. The number of tetrazole rings is 1. The van der Waals surface area contributed by atoms with Crippen LogP contribution in [0.2, 0.25) is 5.02 Å². The fourth-order valence-corrected chi connectivity index (χ4v) is 3.22. The minimum atomic E-state index is -0.465. The van der Waals surface area contributed by atoms with Crippen LogP contribution in [0.3, 0.4) is 0 Å². The molecule has 0 aliphatic carbocycles. The van der Waals surface area contributed by atoms with Crippen molar-refractivity contribution in [3.05, 3.63) is 40.6 Å². The van der Waals surface area contributed by atoms with Crippen LogP contribution in [0.25, 0.3) is 5.69 Å². The number of carbonyl (C=O) groups excluding carboxylic acids is 2. The molecule has 3 rings (SSSR count). The summed E-state index contributed by atoms with van der Waals surface area (Å²) >= 11 is 7.18. The van der Waals surface area contributed by atoms with Gasteiger partial charge in [0.05, 0.1) is 24.4 Å². The van der Waals surface area contributed by atoms with E-state index in [9.17, 15) is 9.59 Å². The van der Waals surface area contributed by atoms with Gasteiger partial charge in [0.25, 0.3) is 0 Å². The Morgan fingerprint density at radius 1 is 1.38 bits per heavy atom. The second-order valence-corrected chi connectivity index (χ2v) is 6.50. The summed E-state index contributed by atoms with van der Waals surface area (Å²) in [5, 5.41) is 18.0. The fraction of sp³-hybridized carbons (Fsp3) is 0.267. The maximum absolute atomic E-state index is 12.1. The number of amides is 2. The third-order valence-corrected chi connectivity index (χ3v) is 4.63. The summed E-state index contributed by atoms with van der Waals surface area (Å²) in [6.45, 7) is 2.09. The van der Waals surface area contributed by atoms with Gasteiger partial charge in [-0.05, 0) is 41.6 Å². The van der Waals surface area contributed by atoms with E-state index in [1.165, 1.54) is 11.8 Å². The summed E-state index contributed by atoms with van der Waals surface area (Å²) in [4.78, 5) is 23.7. The fourth-order valence-electron chi connectivity index (χ4n) is 2.22. The summed E-state index contributed by atoms with van der Waals surface area (Å²) in [6, 6.07) is 6.69. The van der Waals surface area contributed by atoms with Crippen LogP contribution in [0.1, 0.15) is 6.92 Å². The van der Waals surface area contributed by atoms with E-state index in [-0.39, 0.29) is 19.2 Å². The zero-order chi connectivity index (χ0) is 18.5. The monoisotopic (exact) mass is 394 g/mol. The third-order valence-electron chi connectivity index (χ3n) is 3.43. The second kappa shape index (κ2) is 8.19. The van der Waals surface area contributed by atoms with Gasteiger partial charge in [-0.15, -0.1) is 5.10 Å². The van der Waals surface area contributed by atoms with Crippen molar-refractivity contribution in [1.82, 2.24) is 30.8 Å². The van der Waals surface area contributed by atoms with Crippen LogP contribution in [0.15, 0.2) is 40.7 Å². The lowest BCUT2D eigenvalue weighted by atomic mass is 10.2. The van der Waals surface area contributed by atoms with E-state index >= 15 is 0 Å². The second-order valence-electron chi connectivity index (χ2n) is 5.12. The van der Waals surface area contributed by atoms with Crippen LogP contribution in [-0.2, 0) is 9.53 Å². The molecule has 0 radical (unpaired) electrons. The predicted octanol–water partition coefficient (Wildman–Crippen LogP) is 1.54. The molecule has 1 aliphatic heterocycles. The number of urea groups is 1. The molecule has 1 aliphatic rings. The molecule has 0 atom stereocenters. The Kier molecular flexibility index (Phi) is 5.74. The zero-order valence-electron chi connectivity index (χ0n) is 13.7. The molecule has 0 bridgehead atoms. The van der Waals surface area contributed by atoms with Gasteiger partial charge >= 0.3 is 12.0 Å². The Hall–Kier alpha value is -2.59. The first-order valence-electron chi connectivity index (χ1n) is 7.69. The van der Waals surface area contributed by atoms with E-state index in [1.807, 2.05) is 0 Å². The standard InChI is InChI=1S/C15H15ClN6O3S/c1-2-25-13(23)11-7-17-14(24)18-12(11)8-26-15-19-20-21-22(15)10-5-3-9(16)4-6-10/h3-6H,2,7-8H2,1H3,(H2,17,18,24). The Morgan fingerprint density at radius 2 is 2.15 bits per heavy atom. The highest BCUT2D eigenvalue weighted by Crippen LogP contribution is 2.23. The maximum Gasteiger partial charge on any atom is 0.337 e. The van der Waals surface area contributed by atoms with Gasteiger partial charge in [0.1, 0.15) is 0 Å². The van der Waals surface area contributed by atoms with E-state index < -0.39 is 5.97 Å². The molecule has 2 amide bonds. The van der Waals surface area contributed by atoms with Crippen molar-refractivity contribution in [3.63, 3.8) is 0 Å². The molecule has 1 aromatic heterocycles. The smallest absolute Gasteiger partial charge is 0.337 e. The molecule has 11 heteroatoms. The van der Waals surface area contributed by atoms with E-state index in [4.69, 9.17) is 16.3 Å². The first kappa shape index (κ1) is 18.2. The number of carbonyl (C=O) groups is 2. The van der Waals surface area contributed by atoms with E-state index in [0.29, 0.717) is 27.2 Å². The molecule has 136 valence electrons. The van der Waals surface area contributed by atoms with Crippen LogP contribution in [0.4, 0.5) is 4.79 Å². The summed E-state index contributed by atoms with van der Waals surface area (Å²) in [6.07, 6.45) is 0. The Balaban J connectivity index is 1.79. The minimum Gasteiger partial charge on any atom is -0.463 e. The summed E-state index contributed by atoms with van der Waals surface area (Å²) < 4.78 is 6.58. The number of ether oxygens (including phenoxy) is 1. The van der Waals surface area contributed by atoms with Crippen molar-refractivity contribution in [3.8, 4) is 5.69 Å². The molecular formula is C15H15ClN6O3S. The van der Waals surface area contributed by atoms with Crippen LogP contribution >= 0.6 is 23.4 Å². The van der Waals surface area contributed by atoms with Gasteiger partial charge in [-0.1, -0.05) is 23.4 Å². The predicted molar refractivity (Wildman–Crippen MR) is 95.1 cm³/mol. The number of aromatic nitrogens is 4. The topological polar surface area (TPSA) is 111 Å². The van der Waals surface area contributed by atoms with Gasteiger partial charge in [-0.2, -0.15) is 4.68 Å². The molecule has 26 heavy (non-hydrogen) atoms. The van der Waals surface area contributed by atoms with Crippen LogP contribution in [0.5, 0.6) is 0 Å². The van der Waals surface area contributed by atoms with E-state index in [0.717, 1.165) is 5.69 Å². The number of thioether (sulfide) groups is 1. The molecule has 0 unspecified atom stereocenters. The number of rotatable bonds is 6. The molecule has 2 N–H and O–H groups in total. The first-order chi connectivity index (χ1) is 12.6. The number of hydrogen-bond donors (Lipinski definition) is 2. The highest BCUT2D eigenvalue weighted by atomic mass is 35.5. The summed E-state index contributed by atoms with van der Waals surface area (Å²) in [5.41, 5.74) is 1.60. The first-order valence-corrected chi connectivity index (χ1v) is 9.06. The quantitative estimate of drug-likeness (QED) is 0.564. The molecule has 2 heterocycles. The Labute approximate surface area is 158 Å². The molecule has 0 fully saturated rings. The molecule has 2 aromatic rings. The van der Waals surface area contributed by atoms with Crippen molar-refractivity contribution < 1.29 is 14.3 Å². The van der Waals surface area contributed by atoms with Gasteiger partial charge < -0.3 is 15.4 Å². The van der Waals surface area contributed by atoms with Gasteiger partial charge in [0, 0.05) is 16.5 Å². The molecule has 0 saturated carbocycles. The van der Waals surface area contributed by atoms with Gasteiger partial charge in [0.2, 0.25) is 5.16 Å². The van der Waals surface area contributed by atoms with Gasteiger partial charge in [-0.3, -0.25) is 0 Å². The van der Waals surface area contributed by atoms with E-state index in [2.05, 4.69) is 26.2 Å². The minimum absolute atomic E-state index is 0.114. The largest absolute Gasteiger partial charge is 0.463 e. The van der Waals surface area contributed by atoms with Crippen molar-refractivity contribution in [2.24, 2.45) is 0 Å². The van der Waals surface area contributed by atoms with Crippen LogP contribution in [0, 0.1) is 0 Å². The average Bonchev–Trinajstić information content (AvgIpc) is 3.09. The van der Waals surface area contributed by atoms with Gasteiger partial charge in [-0.25, -0.2) is 9.59 Å². The lowest BCUT2D eigenvalue weighted by molar-refractivity contribution is -0.138. The molecule has 0 saturated heterocycles. The molecule has 9 nitrogen and oxygen atoms in total. The lowest BCUT2D eigenvalue weighted by Gasteiger charge is -2.20. The molecular weight excluding hydrogens is 380 g/mol. The number of esters is 1. The number of nitrogens with zero attached hydrogens (tertiary/aromatic N) is 4. The van der Waals surface area contributed by atoms with E-state index in [1.54, 1.807) is 35.9 Å². The summed E-state index contributed by atoms with van der Waals surface area (Å²) in [7, 11) is 0. The van der Waals surface area contributed by atoms with Gasteiger partial charge in [0.15, 0.2) is 0 Å². The third kappa shape index (κ3) is 4.14.